The summed E-state index contributed by atoms with van der Waals surface area (Å²) in [7, 11) is 0. The number of rotatable bonds is 0. The van der Waals surface area contributed by atoms with Crippen molar-refractivity contribution < 1.29 is 108 Å². The van der Waals surface area contributed by atoms with E-state index in [2.05, 4.69) is 0 Å². The van der Waals surface area contributed by atoms with Crippen molar-refractivity contribution in [2.24, 2.45) is 0 Å². The molecular weight excluding hydrogens is 533 g/mol. The average molecular weight is 533 g/mol. The molecule has 0 rings (SSSR count). The van der Waals surface area contributed by atoms with Crippen molar-refractivity contribution in [3.8, 4) is 0 Å². The Morgan fingerprint density at radius 1 is 1.00 bits per heavy atom. The van der Waals surface area contributed by atoms with Gasteiger partial charge < -0.3 is 0 Å². The molecule has 0 aromatic carbocycles. The third kappa shape index (κ3) is 26.4. The topological polar surface area (TPSA) is 0 Å². The summed E-state index contributed by atoms with van der Waals surface area (Å²) in [6.45, 7) is 0. The second kappa shape index (κ2) is 40.2. The zero-order valence-electron chi connectivity index (χ0n) is 1.97. The molecule has 0 saturated carbocycles. The van der Waals surface area contributed by atoms with Crippen LogP contribution in [0.1, 0.15) is 0 Å². The van der Waals surface area contributed by atoms with Gasteiger partial charge in [-0.05, 0) is 0 Å². The van der Waals surface area contributed by atoms with Crippen LogP contribution in [-0.4, -0.2) is 0 Å². The van der Waals surface area contributed by atoms with Crippen LogP contribution in [0.2, 0.25) is 0 Å². The van der Waals surface area contributed by atoms with Crippen molar-refractivity contribution in [2.45, 2.75) is 0 Å². The first-order chi connectivity index (χ1) is 0. The van der Waals surface area contributed by atoms with E-state index in [1.54, 1.807) is 0 Å². The van der Waals surface area contributed by atoms with E-state index in [0.29, 0.717) is 0 Å². The van der Waals surface area contributed by atoms with E-state index in [-0.39, 0.29) is 108 Å². The van der Waals surface area contributed by atoms with E-state index in [1.807, 2.05) is 0 Å². The first kappa shape index (κ1) is 58.1. The minimum atomic E-state index is 0. The van der Waals surface area contributed by atoms with Crippen molar-refractivity contribution in [2.75, 3.05) is 0 Å². The van der Waals surface area contributed by atoms with Crippen molar-refractivity contribution >= 4 is 0 Å². The molecular formula is CoCuFeNiPtRu. The molecule has 0 fully saturated rings. The Hall–Kier alpha value is 3.35. The fourth-order valence-electron chi connectivity index (χ4n) is 0. The Bertz CT molecular complexity index is 15.5. The monoisotopic (exact) mass is 533 g/mol. The Morgan fingerprint density at radius 2 is 1.00 bits per heavy atom. The number of hydrogen-bond acceptors (Lipinski definition) is 0. The Morgan fingerprint density at radius 3 is 1.00 bits per heavy atom. The van der Waals surface area contributed by atoms with Crippen LogP contribution in [0.4, 0.5) is 0 Å². The third-order valence-corrected chi connectivity index (χ3v) is 0. The first-order valence-corrected chi connectivity index (χ1v) is 0. The van der Waals surface area contributed by atoms with Gasteiger partial charge in [-0.15, -0.1) is 0 Å². The van der Waals surface area contributed by atoms with Crippen LogP contribution >= 0.6 is 0 Å². The summed E-state index contributed by atoms with van der Waals surface area (Å²) in [6, 6.07) is 0. The molecule has 0 nitrogen and oxygen atoms in total. The standard InChI is InChI=1S/Co.Cu.Fe.Ni.Pt.Ru. The minimum Gasteiger partial charge on any atom is 0 e. The fraction of sp³-hybridized carbons (Fsp3) is 0. The van der Waals surface area contributed by atoms with Gasteiger partial charge in [0.05, 0.1) is 0 Å². The van der Waals surface area contributed by atoms with E-state index in [4.69, 9.17) is 0 Å². The number of hydrogen-bond donors (Lipinski definition) is 0. The van der Waals surface area contributed by atoms with Crippen LogP contribution in [0.5, 0.6) is 0 Å². The van der Waals surface area contributed by atoms with Crippen LogP contribution < -0.4 is 0 Å². The predicted molar refractivity (Wildman–Crippen MR) is 0 cm³/mol. The molecule has 0 saturated heterocycles. The van der Waals surface area contributed by atoms with Gasteiger partial charge in [0.15, 0.2) is 0 Å². The molecule has 0 atom stereocenters. The molecule has 6 heavy (non-hydrogen) atoms. The van der Waals surface area contributed by atoms with E-state index in [9.17, 15) is 0 Å². The average Bonchev–Trinajstić information content (AvgIpc) is 0. The van der Waals surface area contributed by atoms with E-state index in [1.165, 1.54) is 0 Å². The summed E-state index contributed by atoms with van der Waals surface area (Å²) in [6.07, 6.45) is 0. The second-order valence-corrected chi connectivity index (χ2v) is 0. The quantitative estimate of drug-likeness (QED) is 0.385. The molecule has 2 radical (unpaired) electrons. The maximum absolute atomic E-state index is 0. The van der Waals surface area contributed by atoms with Crippen molar-refractivity contribution in [3.63, 3.8) is 0 Å². The zero-order valence-corrected chi connectivity index (χ0v) is 10.1. The molecule has 0 bridgehead atoms. The molecule has 0 unspecified atom stereocenters. The molecule has 0 heterocycles. The van der Waals surface area contributed by atoms with Crippen LogP contribution in [0, 0.1) is 0 Å². The molecule has 56 valence electrons. The normalized spacial score (nSPS) is 0. The predicted octanol–water partition coefficient (Wildman–Crippen LogP) is -0.0150. The van der Waals surface area contributed by atoms with Gasteiger partial charge in [-0.25, -0.2) is 0 Å². The van der Waals surface area contributed by atoms with Gasteiger partial charge in [0, 0.05) is 108 Å². The SMILES string of the molecule is [Co].[Cu].[Fe].[Ni].[Pt].[Ru]. The smallest absolute Gasteiger partial charge is 0 e. The van der Waals surface area contributed by atoms with Crippen molar-refractivity contribution in [1.29, 1.82) is 0 Å². The molecule has 0 aliphatic carbocycles. The Kier molecular flexibility index (Phi) is 389. The fourth-order valence-corrected chi connectivity index (χ4v) is 0. The molecule has 6 heteroatoms. The molecule has 0 aromatic heterocycles. The van der Waals surface area contributed by atoms with E-state index in [0.717, 1.165) is 0 Å². The van der Waals surface area contributed by atoms with E-state index < -0.39 is 0 Å². The van der Waals surface area contributed by atoms with Gasteiger partial charge in [0.2, 0.25) is 0 Å². The van der Waals surface area contributed by atoms with Gasteiger partial charge in [-0.2, -0.15) is 0 Å². The molecule has 0 aliphatic rings. The molecule has 0 spiro atoms. The Balaban J connectivity index is 0. The van der Waals surface area contributed by atoms with Crippen LogP contribution in [0.3, 0.4) is 0 Å². The summed E-state index contributed by atoms with van der Waals surface area (Å²) < 4.78 is 0. The summed E-state index contributed by atoms with van der Waals surface area (Å²) in [4.78, 5) is 0. The van der Waals surface area contributed by atoms with Crippen molar-refractivity contribution in [1.82, 2.24) is 0 Å². The minimum absolute atomic E-state index is 0. The summed E-state index contributed by atoms with van der Waals surface area (Å²) in [5.41, 5.74) is 0. The first-order valence-electron chi connectivity index (χ1n) is 0. The van der Waals surface area contributed by atoms with Crippen LogP contribution in [-0.2, 0) is 108 Å². The van der Waals surface area contributed by atoms with Crippen molar-refractivity contribution in [3.05, 3.63) is 0 Å². The summed E-state index contributed by atoms with van der Waals surface area (Å²) >= 11 is 0. The van der Waals surface area contributed by atoms with Gasteiger partial charge in [0.25, 0.3) is 0 Å². The maximum Gasteiger partial charge on any atom is 0 e. The van der Waals surface area contributed by atoms with Gasteiger partial charge >= 0.3 is 0 Å². The molecule has 0 aliphatic heterocycles. The third-order valence-electron chi connectivity index (χ3n) is 0. The molecule has 0 N–H and O–H groups in total. The van der Waals surface area contributed by atoms with E-state index >= 15 is 0 Å². The largest absolute Gasteiger partial charge is 0 e. The van der Waals surface area contributed by atoms with Gasteiger partial charge in [-0.1, -0.05) is 0 Å². The molecule has 0 aromatic rings. The van der Waals surface area contributed by atoms with Crippen LogP contribution in [0.25, 0.3) is 0 Å². The summed E-state index contributed by atoms with van der Waals surface area (Å²) in [5, 5.41) is 0. The zero-order chi connectivity index (χ0) is 0. The van der Waals surface area contributed by atoms with Crippen LogP contribution in [0.15, 0.2) is 0 Å². The van der Waals surface area contributed by atoms with Gasteiger partial charge in [-0.3, -0.25) is 0 Å². The maximum atomic E-state index is 0. The van der Waals surface area contributed by atoms with Gasteiger partial charge in [0.1, 0.15) is 0 Å². The summed E-state index contributed by atoms with van der Waals surface area (Å²) in [5.74, 6) is 0. The Labute approximate surface area is 106 Å². The second-order valence-electron chi connectivity index (χ2n) is 0. The molecule has 0 amide bonds.